The number of hydrogen-bond donors (Lipinski definition) is 1. The van der Waals surface area contributed by atoms with E-state index < -0.39 is 0 Å². The van der Waals surface area contributed by atoms with Gasteiger partial charge in [-0.05, 0) is 26.0 Å². The van der Waals surface area contributed by atoms with Gasteiger partial charge in [-0.3, -0.25) is 0 Å². The number of nitrogens with one attached hydrogen (secondary N) is 1. The minimum Gasteiger partial charge on any atom is -0.311 e. The van der Waals surface area contributed by atoms with Crippen LogP contribution in [0.2, 0.25) is 0 Å². The molecule has 1 nitrogen and oxygen atoms in total. The van der Waals surface area contributed by atoms with E-state index in [1.165, 1.54) is 38.0 Å². The SMILES string of the molecule is CSCCNC1(C)CCCC1. The standard InChI is InChI=1S/C9H19NS/c1-9(5-3-4-6-9)10-7-8-11-2/h10H,3-8H2,1-2H3. The second kappa shape index (κ2) is 4.36. The van der Waals surface area contributed by atoms with E-state index in [-0.39, 0.29) is 0 Å². The Morgan fingerprint density at radius 3 is 2.55 bits per heavy atom. The molecule has 0 aromatic carbocycles. The molecule has 66 valence electrons. The molecule has 2 heteroatoms. The predicted molar refractivity (Wildman–Crippen MR) is 53.3 cm³/mol. The minimum atomic E-state index is 0.482. The molecule has 11 heavy (non-hydrogen) atoms. The van der Waals surface area contributed by atoms with E-state index in [2.05, 4.69) is 18.5 Å². The van der Waals surface area contributed by atoms with Gasteiger partial charge in [-0.25, -0.2) is 0 Å². The normalized spacial score (nSPS) is 22.4. The summed E-state index contributed by atoms with van der Waals surface area (Å²) in [6.45, 7) is 3.54. The third-order valence-electron chi connectivity index (χ3n) is 2.57. The van der Waals surface area contributed by atoms with Crippen LogP contribution in [0, 0.1) is 0 Å². The maximum absolute atomic E-state index is 3.64. The van der Waals surface area contributed by atoms with Crippen molar-refractivity contribution in [3.8, 4) is 0 Å². The third kappa shape index (κ3) is 3.04. The highest BCUT2D eigenvalue weighted by Gasteiger charge is 2.26. The predicted octanol–water partition coefficient (Wildman–Crippen LogP) is 2.27. The summed E-state index contributed by atoms with van der Waals surface area (Å²) in [5.41, 5.74) is 0.482. The Morgan fingerprint density at radius 1 is 1.36 bits per heavy atom. The average molecular weight is 173 g/mol. The summed E-state index contributed by atoms with van der Waals surface area (Å²) in [6.07, 6.45) is 7.76. The van der Waals surface area contributed by atoms with Gasteiger partial charge in [-0.2, -0.15) is 11.8 Å². The lowest BCUT2D eigenvalue weighted by atomic mass is 10.0. The van der Waals surface area contributed by atoms with E-state index in [9.17, 15) is 0 Å². The molecule has 1 saturated carbocycles. The lowest BCUT2D eigenvalue weighted by molar-refractivity contribution is 0.376. The van der Waals surface area contributed by atoms with Crippen LogP contribution in [0.5, 0.6) is 0 Å². The molecule has 0 amide bonds. The fraction of sp³-hybridized carbons (Fsp3) is 1.00. The summed E-state index contributed by atoms with van der Waals surface area (Å²) in [5.74, 6) is 1.25. The van der Waals surface area contributed by atoms with Crippen molar-refractivity contribution in [2.45, 2.75) is 38.1 Å². The molecular weight excluding hydrogens is 154 g/mol. The molecule has 0 aliphatic heterocycles. The van der Waals surface area contributed by atoms with E-state index >= 15 is 0 Å². The molecule has 0 unspecified atom stereocenters. The van der Waals surface area contributed by atoms with Crippen molar-refractivity contribution in [1.82, 2.24) is 5.32 Å². The molecule has 0 aromatic rings. The number of rotatable bonds is 4. The number of hydrogen-bond acceptors (Lipinski definition) is 2. The van der Waals surface area contributed by atoms with E-state index in [4.69, 9.17) is 0 Å². The Balaban J connectivity index is 2.13. The maximum Gasteiger partial charge on any atom is 0.0153 e. The fourth-order valence-electron chi connectivity index (χ4n) is 1.79. The van der Waals surface area contributed by atoms with Gasteiger partial charge < -0.3 is 5.32 Å². The second-order valence-corrected chi connectivity index (χ2v) is 4.67. The average Bonchev–Trinajstić information content (AvgIpc) is 2.38. The van der Waals surface area contributed by atoms with Crippen LogP contribution in [-0.4, -0.2) is 24.1 Å². The van der Waals surface area contributed by atoms with Crippen molar-refractivity contribution in [1.29, 1.82) is 0 Å². The Hall–Kier alpha value is 0.310. The quantitative estimate of drug-likeness (QED) is 0.655. The summed E-state index contributed by atoms with van der Waals surface area (Å²) < 4.78 is 0. The van der Waals surface area contributed by atoms with Crippen LogP contribution in [0.3, 0.4) is 0 Å². The molecule has 0 saturated heterocycles. The first-order valence-electron chi connectivity index (χ1n) is 4.51. The maximum atomic E-state index is 3.64. The fourth-order valence-corrected chi connectivity index (χ4v) is 2.09. The van der Waals surface area contributed by atoms with Crippen molar-refractivity contribution in [3.63, 3.8) is 0 Å². The van der Waals surface area contributed by atoms with Gasteiger partial charge in [0.15, 0.2) is 0 Å². The summed E-state index contributed by atoms with van der Waals surface area (Å²) in [6, 6.07) is 0. The molecule has 0 heterocycles. The third-order valence-corrected chi connectivity index (χ3v) is 3.18. The van der Waals surface area contributed by atoms with Crippen molar-refractivity contribution in [2.75, 3.05) is 18.6 Å². The molecule has 1 aliphatic carbocycles. The van der Waals surface area contributed by atoms with Gasteiger partial charge in [0.05, 0.1) is 0 Å². The molecule has 0 aromatic heterocycles. The van der Waals surface area contributed by atoms with Crippen LogP contribution < -0.4 is 5.32 Å². The van der Waals surface area contributed by atoms with Crippen LogP contribution in [0.1, 0.15) is 32.6 Å². The van der Waals surface area contributed by atoms with E-state index in [0.29, 0.717) is 5.54 Å². The molecular formula is C9H19NS. The summed E-state index contributed by atoms with van der Waals surface area (Å²) in [5, 5.41) is 3.64. The largest absolute Gasteiger partial charge is 0.311 e. The highest BCUT2D eigenvalue weighted by atomic mass is 32.2. The zero-order valence-corrected chi connectivity index (χ0v) is 8.47. The van der Waals surface area contributed by atoms with Crippen LogP contribution in [-0.2, 0) is 0 Å². The van der Waals surface area contributed by atoms with Crippen molar-refractivity contribution >= 4 is 11.8 Å². The molecule has 1 fully saturated rings. The Labute approximate surface area is 74.3 Å². The van der Waals surface area contributed by atoms with E-state index in [0.717, 1.165) is 0 Å². The van der Waals surface area contributed by atoms with Crippen molar-refractivity contribution in [2.24, 2.45) is 0 Å². The van der Waals surface area contributed by atoms with Crippen LogP contribution in [0.4, 0.5) is 0 Å². The first-order chi connectivity index (χ1) is 5.27. The van der Waals surface area contributed by atoms with Crippen LogP contribution in [0.25, 0.3) is 0 Å². The minimum absolute atomic E-state index is 0.482. The molecule has 0 radical (unpaired) electrons. The molecule has 0 bridgehead atoms. The Kier molecular flexibility index (Phi) is 3.73. The van der Waals surface area contributed by atoms with Gasteiger partial charge in [-0.1, -0.05) is 12.8 Å². The van der Waals surface area contributed by atoms with Crippen LogP contribution >= 0.6 is 11.8 Å². The summed E-state index contributed by atoms with van der Waals surface area (Å²) >= 11 is 1.92. The van der Waals surface area contributed by atoms with Crippen molar-refractivity contribution < 1.29 is 0 Å². The van der Waals surface area contributed by atoms with Gasteiger partial charge in [0.25, 0.3) is 0 Å². The first-order valence-corrected chi connectivity index (χ1v) is 5.90. The topological polar surface area (TPSA) is 12.0 Å². The van der Waals surface area contributed by atoms with E-state index in [1.807, 2.05) is 11.8 Å². The van der Waals surface area contributed by atoms with Gasteiger partial charge in [-0.15, -0.1) is 0 Å². The zero-order chi connectivity index (χ0) is 8.16. The molecule has 1 N–H and O–H groups in total. The lowest BCUT2D eigenvalue weighted by Gasteiger charge is -2.25. The lowest BCUT2D eigenvalue weighted by Crippen LogP contribution is -2.40. The molecule has 0 spiro atoms. The van der Waals surface area contributed by atoms with Crippen LogP contribution in [0.15, 0.2) is 0 Å². The van der Waals surface area contributed by atoms with Gasteiger partial charge in [0.1, 0.15) is 0 Å². The number of thioether (sulfide) groups is 1. The molecule has 1 aliphatic rings. The Bertz CT molecular complexity index is 108. The highest BCUT2D eigenvalue weighted by molar-refractivity contribution is 7.98. The van der Waals surface area contributed by atoms with E-state index in [1.54, 1.807) is 0 Å². The van der Waals surface area contributed by atoms with Crippen molar-refractivity contribution in [3.05, 3.63) is 0 Å². The Morgan fingerprint density at radius 2 is 2.00 bits per heavy atom. The smallest absolute Gasteiger partial charge is 0.0153 e. The van der Waals surface area contributed by atoms with Gasteiger partial charge in [0.2, 0.25) is 0 Å². The highest BCUT2D eigenvalue weighted by Crippen LogP contribution is 2.28. The monoisotopic (exact) mass is 173 g/mol. The van der Waals surface area contributed by atoms with Gasteiger partial charge >= 0.3 is 0 Å². The summed E-state index contributed by atoms with van der Waals surface area (Å²) in [7, 11) is 0. The first kappa shape index (κ1) is 9.40. The van der Waals surface area contributed by atoms with Gasteiger partial charge in [0, 0.05) is 17.8 Å². The zero-order valence-electron chi connectivity index (χ0n) is 7.65. The summed E-state index contributed by atoms with van der Waals surface area (Å²) in [4.78, 5) is 0. The second-order valence-electron chi connectivity index (χ2n) is 3.69. The molecule has 1 rings (SSSR count). The molecule has 0 atom stereocenters.